The predicted molar refractivity (Wildman–Crippen MR) is 66.1 cm³/mol. The minimum absolute atomic E-state index is 0.133. The monoisotopic (exact) mass is 211 g/mol. The Morgan fingerprint density at radius 3 is 3.00 bits per heavy atom. The molecule has 0 saturated heterocycles. The van der Waals surface area contributed by atoms with Gasteiger partial charge in [-0.15, -0.1) is 0 Å². The van der Waals surface area contributed by atoms with E-state index in [0.717, 1.165) is 16.5 Å². The van der Waals surface area contributed by atoms with Crippen molar-refractivity contribution in [2.45, 2.75) is 13.3 Å². The summed E-state index contributed by atoms with van der Waals surface area (Å²) in [4.78, 5) is 15.5. The first kappa shape index (κ1) is 10.6. The van der Waals surface area contributed by atoms with E-state index in [0.29, 0.717) is 6.42 Å². The summed E-state index contributed by atoms with van der Waals surface area (Å²) in [5.74, 6) is 0.133. The molecule has 0 saturated carbocycles. The number of hydrogen-bond acceptors (Lipinski definition) is 2. The Morgan fingerprint density at radius 2 is 2.19 bits per heavy atom. The lowest BCUT2D eigenvalue weighted by atomic mass is 10.1. The number of fused-ring (bicyclic) bond motifs is 1. The van der Waals surface area contributed by atoms with Crippen LogP contribution in [0.1, 0.15) is 18.9 Å². The molecule has 1 heterocycles. The van der Waals surface area contributed by atoms with Crippen molar-refractivity contribution < 1.29 is 4.79 Å². The lowest BCUT2D eigenvalue weighted by Gasteiger charge is -1.97. The topological polar surface area (TPSA) is 30.0 Å². The first-order chi connectivity index (χ1) is 7.79. The molecule has 0 aliphatic carbocycles. The Labute approximate surface area is 94.6 Å². The fourth-order valence-corrected chi connectivity index (χ4v) is 1.49. The van der Waals surface area contributed by atoms with Gasteiger partial charge < -0.3 is 0 Å². The smallest absolute Gasteiger partial charge is 0.155 e. The van der Waals surface area contributed by atoms with E-state index >= 15 is 0 Å². The zero-order valence-electron chi connectivity index (χ0n) is 9.18. The summed E-state index contributed by atoms with van der Waals surface area (Å²) >= 11 is 0. The summed E-state index contributed by atoms with van der Waals surface area (Å²) in [6.45, 7) is 1.85. The average molecular weight is 211 g/mol. The number of nitrogens with zero attached hydrogens (tertiary/aromatic N) is 1. The fraction of sp³-hybridized carbons (Fsp3) is 0.143. The molecule has 0 aliphatic rings. The van der Waals surface area contributed by atoms with Crippen LogP contribution in [0.3, 0.4) is 0 Å². The van der Waals surface area contributed by atoms with Crippen LogP contribution in [-0.4, -0.2) is 10.8 Å². The van der Waals surface area contributed by atoms with Gasteiger partial charge in [0.15, 0.2) is 5.78 Å². The van der Waals surface area contributed by atoms with Crippen LogP contribution in [0.5, 0.6) is 0 Å². The van der Waals surface area contributed by atoms with E-state index in [4.69, 9.17) is 0 Å². The van der Waals surface area contributed by atoms with Gasteiger partial charge in [-0.1, -0.05) is 25.1 Å². The Balaban J connectivity index is 2.33. The van der Waals surface area contributed by atoms with E-state index in [9.17, 15) is 4.79 Å². The summed E-state index contributed by atoms with van der Waals surface area (Å²) in [5.41, 5.74) is 1.93. The minimum Gasteiger partial charge on any atom is -0.295 e. The van der Waals surface area contributed by atoms with E-state index in [-0.39, 0.29) is 5.78 Å². The number of aromatic nitrogens is 1. The van der Waals surface area contributed by atoms with E-state index < -0.39 is 0 Å². The number of allylic oxidation sites excluding steroid dienone is 1. The van der Waals surface area contributed by atoms with Crippen LogP contribution in [0.2, 0.25) is 0 Å². The highest BCUT2D eigenvalue weighted by molar-refractivity contribution is 5.93. The molecule has 0 N–H and O–H groups in total. The predicted octanol–water partition coefficient (Wildman–Crippen LogP) is 3.23. The fourth-order valence-electron chi connectivity index (χ4n) is 1.49. The van der Waals surface area contributed by atoms with Crippen molar-refractivity contribution in [3.05, 3.63) is 48.2 Å². The van der Waals surface area contributed by atoms with Crippen LogP contribution >= 0.6 is 0 Å². The van der Waals surface area contributed by atoms with E-state index in [1.807, 2.05) is 43.3 Å². The molecule has 0 bridgehead atoms. The maximum Gasteiger partial charge on any atom is 0.155 e. The Hall–Kier alpha value is -1.96. The molecule has 0 fully saturated rings. The third-order valence-corrected chi connectivity index (χ3v) is 2.42. The number of carbonyl (C=O) groups is 1. The van der Waals surface area contributed by atoms with Gasteiger partial charge in [0.25, 0.3) is 0 Å². The lowest BCUT2D eigenvalue weighted by Crippen LogP contribution is -1.87. The second-order valence-corrected chi connectivity index (χ2v) is 3.61. The van der Waals surface area contributed by atoms with Gasteiger partial charge >= 0.3 is 0 Å². The van der Waals surface area contributed by atoms with Crippen LogP contribution in [0.25, 0.3) is 17.0 Å². The van der Waals surface area contributed by atoms with Gasteiger partial charge in [0.05, 0.1) is 5.52 Å². The van der Waals surface area contributed by atoms with Crippen molar-refractivity contribution in [1.29, 1.82) is 0 Å². The van der Waals surface area contributed by atoms with E-state index in [1.54, 1.807) is 12.3 Å². The van der Waals surface area contributed by atoms with Gasteiger partial charge in [-0.2, -0.15) is 0 Å². The first-order valence-corrected chi connectivity index (χ1v) is 5.35. The van der Waals surface area contributed by atoms with Gasteiger partial charge in [0, 0.05) is 18.0 Å². The standard InChI is InChI=1S/C14H13NO/c1-2-13(16)8-7-11-9-12-5-3-4-6-14(12)15-10-11/h3-10H,2H2,1H3. The second-order valence-electron chi connectivity index (χ2n) is 3.61. The molecule has 0 unspecified atom stereocenters. The lowest BCUT2D eigenvalue weighted by molar-refractivity contribution is -0.114. The number of carbonyl (C=O) groups excluding carboxylic acids is 1. The van der Waals surface area contributed by atoms with Crippen molar-refractivity contribution in [1.82, 2.24) is 4.98 Å². The molecule has 0 radical (unpaired) electrons. The molecule has 2 nitrogen and oxygen atoms in total. The SMILES string of the molecule is CCC(=O)C=Cc1cnc2ccccc2c1. The zero-order valence-corrected chi connectivity index (χ0v) is 9.18. The molecular formula is C14H13NO. The molecule has 0 spiro atoms. The minimum atomic E-state index is 0.133. The van der Waals surface area contributed by atoms with Gasteiger partial charge in [0.2, 0.25) is 0 Å². The third kappa shape index (κ3) is 2.34. The van der Waals surface area contributed by atoms with Gasteiger partial charge in [-0.05, 0) is 29.8 Å². The number of pyridine rings is 1. The van der Waals surface area contributed by atoms with E-state index in [1.165, 1.54) is 0 Å². The first-order valence-electron chi connectivity index (χ1n) is 5.35. The highest BCUT2D eigenvalue weighted by Crippen LogP contribution is 2.13. The van der Waals surface area contributed by atoms with Crippen molar-refractivity contribution >= 4 is 22.8 Å². The Morgan fingerprint density at radius 1 is 1.38 bits per heavy atom. The van der Waals surface area contributed by atoms with Crippen LogP contribution < -0.4 is 0 Å². The number of ketones is 1. The number of benzene rings is 1. The van der Waals surface area contributed by atoms with Crippen molar-refractivity contribution in [2.75, 3.05) is 0 Å². The summed E-state index contributed by atoms with van der Waals surface area (Å²) in [5, 5.41) is 1.09. The molecule has 1 aromatic carbocycles. The van der Waals surface area contributed by atoms with Gasteiger partial charge in [-0.25, -0.2) is 0 Å². The number of para-hydroxylation sites is 1. The molecule has 80 valence electrons. The molecular weight excluding hydrogens is 198 g/mol. The molecule has 0 amide bonds. The second kappa shape index (κ2) is 4.71. The Bertz CT molecular complexity index is 543. The molecule has 2 aromatic rings. The van der Waals surface area contributed by atoms with Crippen LogP contribution in [0, 0.1) is 0 Å². The molecule has 2 rings (SSSR count). The molecule has 0 atom stereocenters. The summed E-state index contributed by atoms with van der Waals surface area (Å²) in [7, 11) is 0. The van der Waals surface area contributed by atoms with Crippen molar-refractivity contribution in [3.8, 4) is 0 Å². The average Bonchev–Trinajstić information content (AvgIpc) is 2.35. The summed E-state index contributed by atoms with van der Waals surface area (Å²) in [6.07, 6.45) is 5.73. The zero-order chi connectivity index (χ0) is 11.4. The van der Waals surface area contributed by atoms with Crippen molar-refractivity contribution in [3.63, 3.8) is 0 Å². The number of hydrogen-bond donors (Lipinski definition) is 0. The quantitative estimate of drug-likeness (QED) is 0.729. The molecule has 0 aliphatic heterocycles. The number of rotatable bonds is 3. The Kier molecular flexibility index (Phi) is 3.10. The largest absolute Gasteiger partial charge is 0.295 e. The maximum atomic E-state index is 11.1. The highest BCUT2D eigenvalue weighted by Gasteiger charge is 1.95. The highest BCUT2D eigenvalue weighted by atomic mass is 16.1. The van der Waals surface area contributed by atoms with E-state index in [2.05, 4.69) is 4.98 Å². The van der Waals surface area contributed by atoms with Gasteiger partial charge in [0.1, 0.15) is 0 Å². The van der Waals surface area contributed by atoms with Crippen molar-refractivity contribution in [2.24, 2.45) is 0 Å². The van der Waals surface area contributed by atoms with Crippen LogP contribution in [0.4, 0.5) is 0 Å². The third-order valence-electron chi connectivity index (χ3n) is 2.42. The molecule has 2 heteroatoms. The maximum absolute atomic E-state index is 11.1. The van der Waals surface area contributed by atoms with Crippen LogP contribution in [-0.2, 0) is 4.79 Å². The van der Waals surface area contributed by atoms with Gasteiger partial charge in [-0.3, -0.25) is 9.78 Å². The summed E-state index contributed by atoms with van der Waals surface area (Å²) in [6, 6.07) is 9.96. The normalized spacial score (nSPS) is 11.1. The molecule has 16 heavy (non-hydrogen) atoms. The summed E-state index contributed by atoms with van der Waals surface area (Å²) < 4.78 is 0. The molecule has 1 aromatic heterocycles. The van der Waals surface area contributed by atoms with Crippen LogP contribution in [0.15, 0.2) is 42.6 Å².